The van der Waals surface area contributed by atoms with Crippen LogP contribution < -0.4 is 11.2 Å². The van der Waals surface area contributed by atoms with Crippen molar-refractivity contribution in [3.05, 3.63) is 33.8 Å². The first kappa shape index (κ1) is 14.0. The van der Waals surface area contributed by atoms with Gasteiger partial charge >= 0.3 is 0 Å². The summed E-state index contributed by atoms with van der Waals surface area (Å²) in [6.07, 6.45) is 3.60. The maximum absolute atomic E-state index is 12.1. The Labute approximate surface area is 135 Å². The molecule has 4 rings (SSSR count). The average Bonchev–Trinajstić information content (AvgIpc) is 3.12. The van der Waals surface area contributed by atoms with E-state index in [4.69, 9.17) is 5.84 Å². The molecule has 1 fully saturated rings. The van der Waals surface area contributed by atoms with Crippen molar-refractivity contribution in [1.29, 1.82) is 0 Å². The Balaban J connectivity index is 1.50. The Bertz CT molecular complexity index is 691. The minimum Gasteiger partial charge on any atom is -0.356 e. The normalized spacial score (nSPS) is 24.1. The van der Waals surface area contributed by atoms with Crippen molar-refractivity contribution >= 4 is 27.8 Å². The summed E-state index contributed by atoms with van der Waals surface area (Å²) in [4.78, 5) is 22.8. The number of carbonyl (C=O) groups excluding carboxylic acids is 1. The molecule has 0 bridgehead atoms. The Morgan fingerprint density at radius 1 is 1.41 bits per heavy atom. The molecule has 0 radical (unpaired) electrons. The van der Waals surface area contributed by atoms with Crippen molar-refractivity contribution in [3.63, 3.8) is 0 Å². The van der Waals surface area contributed by atoms with Gasteiger partial charge in [0.25, 0.3) is 5.91 Å². The number of halogens is 1. The lowest BCUT2D eigenvalue weighted by atomic mass is 9.82. The van der Waals surface area contributed by atoms with E-state index in [9.17, 15) is 4.79 Å². The predicted molar refractivity (Wildman–Crippen MR) is 85.2 cm³/mol. The van der Waals surface area contributed by atoms with Gasteiger partial charge in [-0.2, -0.15) is 0 Å². The number of aromatic nitrogens is 3. The highest BCUT2D eigenvalue weighted by Gasteiger charge is 2.37. The molecule has 2 aromatic rings. The highest BCUT2D eigenvalue weighted by atomic mass is 79.9. The van der Waals surface area contributed by atoms with E-state index in [1.54, 1.807) is 12.3 Å². The van der Waals surface area contributed by atoms with Crippen molar-refractivity contribution < 1.29 is 4.79 Å². The van der Waals surface area contributed by atoms with E-state index in [-0.39, 0.29) is 5.91 Å². The van der Waals surface area contributed by atoms with Gasteiger partial charge in [-0.15, -0.1) is 0 Å². The Morgan fingerprint density at radius 3 is 2.91 bits per heavy atom. The summed E-state index contributed by atoms with van der Waals surface area (Å²) in [5.74, 6) is 7.37. The molecule has 1 aliphatic heterocycles. The van der Waals surface area contributed by atoms with Crippen LogP contribution in [-0.2, 0) is 12.8 Å². The minimum absolute atomic E-state index is 0.204. The molecule has 116 valence electrons. The number of hydrogen-bond acceptors (Lipinski definition) is 4. The van der Waals surface area contributed by atoms with E-state index in [1.807, 2.05) is 5.01 Å². The average molecular weight is 365 g/mol. The van der Waals surface area contributed by atoms with Gasteiger partial charge in [-0.05, 0) is 46.7 Å². The number of nitrogens with zero attached hydrogens (tertiary/aromatic N) is 2. The molecule has 0 saturated carbocycles. The number of carbonyl (C=O) groups is 1. The van der Waals surface area contributed by atoms with E-state index in [2.05, 4.69) is 36.2 Å². The molecule has 1 saturated heterocycles. The molecule has 2 aliphatic rings. The largest absolute Gasteiger partial charge is 0.356 e. The lowest BCUT2D eigenvalue weighted by Crippen LogP contribution is -2.28. The number of nitrogens with one attached hydrogen (secondary N) is 3. The molecule has 2 atom stereocenters. The SMILES string of the molecule is NN1C[C@H]2Cc3nc(NC(=O)c4cc(Br)c[nH]4)[nH]c3C[C@@H]2C1. The van der Waals surface area contributed by atoms with Crippen LogP contribution in [0.4, 0.5) is 5.95 Å². The van der Waals surface area contributed by atoms with Gasteiger partial charge in [-0.1, -0.05) is 0 Å². The van der Waals surface area contributed by atoms with Crippen molar-refractivity contribution in [3.8, 4) is 0 Å². The first-order valence-electron chi connectivity index (χ1n) is 7.31. The maximum atomic E-state index is 12.1. The number of H-pyrrole nitrogens is 2. The summed E-state index contributed by atoms with van der Waals surface area (Å²) in [5, 5.41) is 4.71. The van der Waals surface area contributed by atoms with Gasteiger partial charge in [-0.25, -0.2) is 9.99 Å². The monoisotopic (exact) mass is 364 g/mol. The fourth-order valence-corrected chi connectivity index (χ4v) is 3.81. The fraction of sp³-hybridized carbons (Fsp3) is 0.429. The Kier molecular flexibility index (Phi) is 3.32. The molecule has 3 heterocycles. The summed E-state index contributed by atoms with van der Waals surface area (Å²) in [7, 11) is 0. The number of anilines is 1. The second kappa shape index (κ2) is 5.22. The molecule has 1 amide bonds. The van der Waals surface area contributed by atoms with Crippen LogP contribution in [0.3, 0.4) is 0 Å². The molecule has 7 nitrogen and oxygen atoms in total. The van der Waals surface area contributed by atoms with Crippen LogP contribution in [0.25, 0.3) is 0 Å². The number of nitrogens with two attached hydrogens (primary N) is 1. The van der Waals surface area contributed by atoms with Crippen molar-refractivity contribution in [2.24, 2.45) is 17.7 Å². The summed E-state index contributed by atoms with van der Waals surface area (Å²) >= 11 is 3.32. The van der Waals surface area contributed by atoms with Crippen LogP contribution >= 0.6 is 15.9 Å². The van der Waals surface area contributed by atoms with Gasteiger partial charge in [0.15, 0.2) is 0 Å². The van der Waals surface area contributed by atoms with E-state index >= 15 is 0 Å². The predicted octanol–water partition coefficient (Wildman–Crippen LogP) is 1.27. The number of hydrogen-bond donors (Lipinski definition) is 4. The van der Waals surface area contributed by atoms with Gasteiger partial charge in [0, 0.05) is 29.5 Å². The first-order valence-corrected chi connectivity index (χ1v) is 8.10. The number of imidazole rings is 1. The lowest BCUT2D eigenvalue weighted by molar-refractivity contribution is 0.102. The topological polar surface area (TPSA) is 103 Å². The standard InChI is InChI=1S/C14H17BrN6O/c15-9-3-12(17-4-9)13(22)20-14-18-10-1-7-5-21(16)6-8(7)2-11(10)19-14/h3-4,7-8,17H,1-2,5-6,16H2,(H2,18,19,20,22)/t7-,8-/m1/s1. The number of aromatic amines is 2. The lowest BCUT2D eigenvalue weighted by Gasteiger charge is -2.22. The van der Waals surface area contributed by atoms with Crippen LogP contribution in [0.15, 0.2) is 16.7 Å². The van der Waals surface area contributed by atoms with Gasteiger partial charge in [0.05, 0.1) is 5.69 Å². The first-order chi connectivity index (χ1) is 10.6. The Morgan fingerprint density at radius 2 is 2.18 bits per heavy atom. The van der Waals surface area contributed by atoms with Gasteiger partial charge < -0.3 is 9.97 Å². The van der Waals surface area contributed by atoms with Gasteiger partial charge in [0.2, 0.25) is 5.95 Å². The minimum atomic E-state index is -0.204. The van der Waals surface area contributed by atoms with Crippen molar-refractivity contribution in [2.45, 2.75) is 12.8 Å². The number of hydrazine groups is 1. The van der Waals surface area contributed by atoms with Crippen LogP contribution in [0.5, 0.6) is 0 Å². The van der Waals surface area contributed by atoms with Crippen LogP contribution in [0.2, 0.25) is 0 Å². The molecule has 0 spiro atoms. The summed E-state index contributed by atoms with van der Waals surface area (Å²) < 4.78 is 0.843. The zero-order valence-corrected chi connectivity index (χ0v) is 13.5. The van der Waals surface area contributed by atoms with Gasteiger partial charge in [-0.3, -0.25) is 16.0 Å². The third-order valence-corrected chi connectivity index (χ3v) is 4.97. The highest BCUT2D eigenvalue weighted by molar-refractivity contribution is 9.10. The smallest absolute Gasteiger partial charge is 0.274 e. The molecular formula is C14H17BrN6O. The van der Waals surface area contributed by atoms with Crippen molar-refractivity contribution in [1.82, 2.24) is 20.0 Å². The van der Waals surface area contributed by atoms with Crippen LogP contribution in [0.1, 0.15) is 21.9 Å². The Hall–Kier alpha value is -1.64. The quantitative estimate of drug-likeness (QED) is 0.602. The number of amides is 1. The maximum Gasteiger partial charge on any atom is 0.274 e. The van der Waals surface area contributed by atoms with Gasteiger partial charge in [0.1, 0.15) is 5.69 Å². The van der Waals surface area contributed by atoms with E-state index in [0.717, 1.165) is 41.8 Å². The molecular weight excluding hydrogens is 348 g/mol. The van der Waals surface area contributed by atoms with E-state index in [1.165, 1.54) is 0 Å². The molecule has 1 aliphatic carbocycles. The summed E-state index contributed by atoms with van der Waals surface area (Å²) in [6.45, 7) is 1.86. The second-order valence-corrected chi connectivity index (χ2v) is 6.99. The highest BCUT2D eigenvalue weighted by Crippen LogP contribution is 2.34. The van der Waals surface area contributed by atoms with Crippen LogP contribution in [-0.4, -0.2) is 39.0 Å². The molecule has 2 aromatic heterocycles. The third kappa shape index (κ3) is 2.47. The molecule has 8 heteroatoms. The molecule has 0 unspecified atom stereocenters. The zero-order valence-electron chi connectivity index (χ0n) is 11.9. The molecule has 0 aromatic carbocycles. The second-order valence-electron chi connectivity index (χ2n) is 6.08. The fourth-order valence-electron chi connectivity index (χ4n) is 3.46. The van der Waals surface area contributed by atoms with Crippen molar-refractivity contribution in [2.75, 3.05) is 18.4 Å². The van der Waals surface area contributed by atoms with E-state index < -0.39 is 0 Å². The number of fused-ring (bicyclic) bond motifs is 2. The zero-order chi connectivity index (χ0) is 15.3. The molecule has 5 N–H and O–H groups in total. The summed E-state index contributed by atoms with van der Waals surface area (Å²) in [6, 6.07) is 1.73. The number of rotatable bonds is 2. The van der Waals surface area contributed by atoms with E-state index in [0.29, 0.717) is 23.5 Å². The molecule has 22 heavy (non-hydrogen) atoms. The van der Waals surface area contributed by atoms with Crippen LogP contribution in [0, 0.1) is 11.8 Å². The summed E-state index contributed by atoms with van der Waals surface area (Å²) in [5.41, 5.74) is 2.68. The third-order valence-electron chi connectivity index (χ3n) is 4.52.